The molecule has 0 bridgehead atoms. The molecule has 5 nitrogen and oxygen atoms in total. The fourth-order valence-electron chi connectivity index (χ4n) is 1.72. The van der Waals surface area contributed by atoms with Gasteiger partial charge in [-0.15, -0.1) is 10.2 Å². The van der Waals surface area contributed by atoms with Gasteiger partial charge in [0.15, 0.2) is 12.4 Å². The quantitative estimate of drug-likeness (QED) is 0.682. The van der Waals surface area contributed by atoms with Crippen molar-refractivity contribution in [2.45, 2.75) is 19.6 Å². The summed E-state index contributed by atoms with van der Waals surface area (Å²) >= 11 is 1.07. The van der Waals surface area contributed by atoms with Crippen LogP contribution in [0.1, 0.15) is 12.7 Å². The van der Waals surface area contributed by atoms with Crippen molar-refractivity contribution in [3.05, 3.63) is 30.4 Å². The van der Waals surface area contributed by atoms with Crippen LogP contribution in [-0.2, 0) is 12.7 Å². The maximum Gasteiger partial charge on any atom is 0.453 e. The van der Waals surface area contributed by atoms with Gasteiger partial charge in [-0.3, -0.25) is 0 Å². The van der Waals surface area contributed by atoms with Crippen molar-refractivity contribution in [2.75, 3.05) is 0 Å². The molecule has 3 aromatic rings. The highest BCUT2D eigenvalue weighted by atomic mass is 32.1. The van der Waals surface area contributed by atoms with Crippen molar-refractivity contribution in [3.63, 3.8) is 0 Å². The normalized spacial score (nSPS) is 12.2. The highest BCUT2D eigenvalue weighted by molar-refractivity contribution is 7.19. The monoisotopic (exact) mass is 300 g/mol. The molecule has 9 heteroatoms. The lowest BCUT2D eigenvalue weighted by Crippen LogP contribution is -2.30. The van der Waals surface area contributed by atoms with Gasteiger partial charge in [0, 0.05) is 17.7 Å². The molecule has 0 aliphatic rings. The number of fused-ring (bicyclic) bond motifs is 1. The van der Waals surface area contributed by atoms with Gasteiger partial charge in [0.05, 0.1) is 0 Å². The van der Waals surface area contributed by atoms with Crippen LogP contribution in [0, 0.1) is 0 Å². The average Bonchev–Trinajstić information content (AvgIpc) is 2.97. The standard InChI is InChI=1S/C11H9F3N5S/c1-2-18-5-3-7(4-6-18)8-17-19-9(11(12,13)14)15-16-10(19)20-8/h3-6H,2H2,1H3/q+1. The number of alkyl halides is 3. The van der Waals surface area contributed by atoms with Gasteiger partial charge < -0.3 is 0 Å². The predicted molar refractivity (Wildman–Crippen MR) is 65.0 cm³/mol. The van der Waals surface area contributed by atoms with Crippen molar-refractivity contribution in [2.24, 2.45) is 0 Å². The summed E-state index contributed by atoms with van der Waals surface area (Å²) in [5.41, 5.74) is 0.748. The maximum atomic E-state index is 12.7. The highest BCUT2D eigenvalue weighted by Crippen LogP contribution is 2.31. The van der Waals surface area contributed by atoms with E-state index in [4.69, 9.17) is 0 Å². The van der Waals surface area contributed by atoms with Crippen LogP contribution in [0.5, 0.6) is 0 Å². The molecule has 20 heavy (non-hydrogen) atoms. The Kier molecular flexibility index (Phi) is 2.93. The predicted octanol–water partition coefficient (Wildman–Crippen LogP) is 2.18. The minimum Gasteiger partial charge on any atom is -0.205 e. The zero-order chi connectivity index (χ0) is 14.3. The third-order valence-electron chi connectivity index (χ3n) is 2.75. The lowest BCUT2D eigenvalue weighted by atomic mass is 10.3. The summed E-state index contributed by atoms with van der Waals surface area (Å²) in [6, 6.07) is 3.62. The first-order chi connectivity index (χ1) is 9.49. The van der Waals surface area contributed by atoms with E-state index in [1.807, 2.05) is 36.0 Å². The fourth-order valence-corrected chi connectivity index (χ4v) is 2.57. The topological polar surface area (TPSA) is 47.0 Å². The van der Waals surface area contributed by atoms with E-state index in [0.717, 1.165) is 28.0 Å². The Labute approximate surface area is 115 Å². The molecule has 0 aliphatic carbocycles. The highest BCUT2D eigenvalue weighted by Gasteiger charge is 2.38. The van der Waals surface area contributed by atoms with Crippen LogP contribution in [0.25, 0.3) is 15.5 Å². The molecule has 3 rings (SSSR count). The molecule has 0 spiro atoms. The van der Waals surface area contributed by atoms with Crippen LogP contribution < -0.4 is 4.57 Å². The number of aromatic nitrogens is 5. The molecule has 0 saturated heterocycles. The van der Waals surface area contributed by atoms with E-state index in [1.165, 1.54) is 0 Å². The minimum absolute atomic E-state index is 0.125. The van der Waals surface area contributed by atoms with E-state index < -0.39 is 12.0 Å². The molecule has 0 saturated carbocycles. The first-order valence-corrected chi connectivity index (χ1v) is 6.59. The van der Waals surface area contributed by atoms with E-state index >= 15 is 0 Å². The van der Waals surface area contributed by atoms with Crippen molar-refractivity contribution in [3.8, 4) is 10.6 Å². The van der Waals surface area contributed by atoms with E-state index in [1.54, 1.807) is 0 Å². The first kappa shape index (κ1) is 13.0. The number of halogens is 3. The molecule has 3 aromatic heterocycles. The summed E-state index contributed by atoms with van der Waals surface area (Å²) in [5, 5.41) is 11.1. The number of nitrogens with zero attached hydrogens (tertiary/aromatic N) is 5. The van der Waals surface area contributed by atoms with E-state index in [2.05, 4.69) is 15.3 Å². The molecule has 0 unspecified atom stereocenters. The number of pyridine rings is 1. The first-order valence-electron chi connectivity index (χ1n) is 5.78. The SMILES string of the molecule is CC[n+]1ccc(-c2nn3c(C(F)(F)F)nnc3s2)cc1. The molecule has 0 N–H and O–H groups in total. The van der Waals surface area contributed by atoms with Crippen molar-refractivity contribution in [1.82, 2.24) is 19.8 Å². The van der Waals surface area contributed by atoms with Crippen LogP contribution in [0.3, 0.4) is 0 Å². The van der Waals surface area contributed by atoms with Crippen LogP contribution in [0.15, 0.2) is 24.5 Å². The van der Waals surface area contributed by atoms with Crippen molar-refractivity contribution in [1.29, 1.82) is 0 Å². The van der Waals surface area contributed by atoms with Gasteiger partial charge in [0.1, 0.15) is 11.6 Å². The van der Waals surface area contributed by atoms with Crippen LogP contribution in [0.4, 0.5) is 13.2 Å². The maximum absolute atomic E-state index is 12.7. The largest absolute Gasteiger partial charge is 0.453 e. The molecule has 0 fully saturated rings. The lowest BCUT2D eigenvalue weighted by Gasteiger charge is -2.00. The van der Waals surface area contributed by atoms with E-state index in [-0.39, 0.29) is 4.96 Å². The average molecular weight is 300 g/mol. The Morgan fingerprint density at radius 2 is 1.95 bits per heavy atom. The van der Waals surface area contributed by atoms with Gasteiger partial charge in [-0.1, -0.05) is 11.3 Å². The molecule has 3 heterocycles. The molecule has 0 amide bonds. The Hall–Kier alpha value is -2.03. The second-order valence-electron chi connectivity index (χ2n) is 4.04. The summed E-state index contributed by atoms with van der Waals surface area (Å²) in [5.74, 6) is -1.10. The molecule has 0 atom stereocenters. The van der Waals surface area contributed by atoms with Gasteiger partial charge in [0.25, 0.3) is 5.82 Å². The molecule has 104 valence electrons. The molecular formula is C11H9F3N5S+. The number of rotatable bonds is 2. The zero-order valence-electron chi connectivity index (χ0n) is 10.3. The Bertz CT molecular complexity index is 744. The van der Waals surface area contributed by atoms with Crippen LogP contribution >= 0.6 is 11.3 Å². The Balaban J connectivity index is 2.06. The fraction of sp³-hybridized carbons (Fsp3) is 0.273. The van der Waals surface area contributed by atoms with Crippen LogP contribution in [-0.4, -0.2) is 19.8 Å². The summed E-state index contributed by atoms with van der Waals surface area (Å²) in [6.45, 7) is 2.82. The smallest absolute Gasteiger partial charge is 0.205 e. The third-order valence-corrected chi connectivity index (χ3v) is 3.70. The molecule has 0 aliphatic heterocycles. The summed E-state index contributed by atoms with van der Waals surface area (Å²) < 4.78 is 40.8. The number of hydrogen-bond acceptors (Lipinski definition) is 4. The Morgan fingerprint density at radius 3 is 2.55 bits per heavy atom. The summed E-state index contributed by atoms with van der Waals surface area (Å²) in [6.07, 6.45) is -0.864. The molecular weight excluding hydrogens is 291 g/mol. The summed E-state index contributed by atoms with van der Waals surface area (Å²) in [4.78, 5) is 0.125. The summed E-state index contributed by atoms with van der Waals surface area (Å²) in [7, 11) is 0. The molecule has 0 radical (unpaired) electrons. The van der Waals surface area contributed by atoms with E-state index in [0.29, 0.717) is 5.01 Å². The number of aryl methyl sites for hydroxylation is 1. The second-order valence-corrected chi connectivity index (χ2v) is 5.00. The molecule has 0 aromatic carbocycles. The van der Waals surface area contributed by atoms with Gasteiger partial charge in [-0.25, -0.2) is 4.57 Å². The minimum atomic E-state index is -4.56. The van der Waals surface area contributed by atoms with Crippen molar-refractivity contribution >= 4 is 16.3 Å². The van der Waals surface area contributed by atoms with Gasteiger partial charge in [0.2, 0.25) is 4.96 Å². The third kappa shape index (κ3) is 2.13. The van der Waals surface area contributed by atoms with Gasteiger partial charge >= 0.3 is 6.18 Å². The van der Waals surface area contributed by atoms with Gasteiger partial charge in [-0.2, -0.15) is 22.8 Å². The van der Waals surface area contributed by atoms with Gasteiger partial charge in [-0.05, 0) is 6.92 Å². The Morgan fingerprint density at radius 1 is 1.25 bits per heavy atom. The number of hydrogen-bond donors (Lipinski definition) is 0. The lowest BCUT2D eigenvalue weighted by molar-refractivity contribution is -0.693. The second kappa shape index (κ2) is 4.51. The zero-order valence-corrected chi connectivity index (χ0v) is 11.1. The van der Waals surface area contributed by atoms with Crippen molar-refractivity contribution < 1.29 is 17.7 Å². The van der Waals surface area contributed by atoms with E-state index in [9.17, 15) is 13.2 Å². The van der Waals surface area contributed by atoms with Crippen LogP contribution in [0.2, 0.25) is 0 Å².